The van der Waals surface area contributed by atoms with E-state index in [9.17, 15) is 4.79 Å². The number of carbonyl (C=O) groups excluding carboxylic acids is 1. The van der Waals surface area contributed by atoms with Gasteiger partial charge < -0.3 is 9.42 Å². The molecule has 4 aromatic rings. The lowest BCUT2D eigenvalue weighted by Crippen LogP contribution is -2.29. The highest BCUT2D eigenvalue weighted by atomic mass is 32.1. The largest absolute Gasteiger partial charge is 0.336 e. The van der Waals surface area contributed by atoms with Crippen LogP contribution in [0.5, 0.6) is 0 Å². The van der Waals surface area contributed by atoms with Gasteiger partial charge in [-0.3, -0.25) is 4.79 Å². The molecule has 126 valence electrons. The standard InChI is InChI=1S/C18H16N4O2S/c1-10-13-8-12(9-19-16(13)24-21-10)18(23)22(3)11(2)17-20-14-6-4-5-7-15(14)25-17/h4-9,11H,1-3H3. The van der Waals surface area contributed by atoms with Crippen LogP contribution in [-0.4, -0.2) is 33.0 Å². The fourth-order valence-corrected chi connectivity index (χ4v) is 3.74. The number of aryl methyl sites for hydroxylation is 1. The Kier molecular flexibility index (Phi) is 3.73. The normalized spacial score (nSPS) is 12.6. The first-order chi connectivity index (χ1) is 12.0. The van der Waals surface area contributed by atoms with Gasteiger partial charge in [0.05, 0.1) is 32.9 Å². The predicted octanol–water partition coefficient (Wildman–Crippen LogP) is 3.97. The van der Waals surface area contributed by atoms with E-state index in [1.54, 1.807) is 29.4 Å². The van der Waals surface area contributed by atoms with E-state index in [2.05, 4.69) is 15.1 Å². The summed E-state index contributed by atoms with van der Waals surface area (Å²) in [6.07, 6.45) is 1.52. The Morgan fingerprint density at radius 3 is 2.92 bits per heavy atom. The topological polar surface area (TPSA) is 72.1 Å². The second-order valence-corrected chi connectivity index (χ2v) is 7.02. The number of pyridine rings is 1. The van der Waals surface area contributed by atoms with E-state index >= 15 is 0 Å². The Hall–Kier alpha value is -2.80. The van der Waals surface area contributed by atoms with Gasteiger partial charge in [-0.2, -0.15) is 0 Å². The Bertz CT molecular complexity index is 1050. The van der Waals surface area contributed by atoms with Gasteiger partial charge in [0.25, 0.3) is 11.6 Å². The molecule has 0 aliphatic heterocycles. The number of amides is 1. The molecule has 0 saturated heterocycles. The molecule has 6 nitrogen and oxygen atoms in total. The van der Waals surface area contributed by atoms with Crippen LogP contribution < -0.4 is 0 Å². The molecule has 0 radical (unpaired) electrons. The van der Waals surface area contributed by atoms with Crippen molar-refractivity contribution in [2.24, 2.45) is 0 Å². The van der Waals surface area contributed by atoms with Crippen molar-refractivity contribution in [3.63, 3.8) is 0 Å². The molecule has 3 aromatic heterocycles. The van der Waals surface area contributed by atoms with Crippen molar-refractivity contribution < 1.29 is 9.32 Å². The minimum Gasteiger partial charge on any atom is -0.336 e. The minimum atomic E-state index is -0.135. The molecule has 0 aliphatic carbocycles. The number of hydrogen-bond acceptors (Lipinski definition) is 6. The third kappa shape index (κ3) is 2.66. The van der Waals surface area contributed by atoms with Gasteiger partial charge >= 0.3 is 0 Å². The second-order valence-electron chi connectivity index (χ2n) is 5.96. The number of carbonyl (C=O) groups is 1. The molecule has 1 amide bonds. The van der Waals surface area contributed by atoms with Crippen LogP contribution in [0.4, 0.5) is 0 Å². The highest BCUT2D eigenvalue weighted by Crippen LogP contribution is 2.29. The summed E-state index contributed by atoms with van der Waals surface area (Å²) in [5.41, 5.74) is 2.63. The first-order valence-electron chi connectivity index (χ1n) is 7.89. The third-order valence-corrected chi connectivity index (χ3v) is 5.53. The Morgan fingerprint density at radius 1 is 1.32 bits per heavy atom. The maximum atomic E-state index is 12.9. The van der Waals surface area contributed by atoms with E-state index in [1.807, 2.05) is 38.1 Å². The van der Waals surface area contributed by atoms with Crippen LogP contribution in [0.2, 0.25) is 0 Å². The molecular formula is C18H16N4O2S. The van der Waals surface area contributed by atoms with Crippen molar-refractivity contribution in [2.75, 3.05) is 7.05 Å². The molecule has 4 rings (SSSR count). The fourth-order valence-electron chi connectivity index (χ4n) is 2.68. The molecule has 1 unspecified atom stereocenters. The number of hydrogen-bond donors (Lipinski definition) is 0. The number of fused-ring (bicyclic) bond motifs is 2. The monoisotopic (exact) mass is 352 g/mol. The Labute approximate surface area is 148 Å². The van der Waals surface area contributed by atoms with E-state index in [-0.39, 0.29) is 11.9 Å². The van der Waals surface area contributed by atoms with Crippen molar-refractivity contribution in [2.45, 2.75) is 19.9 Å². The molecule has 0 aliphatic rings. The average Bonchev–Trinajstić information content (AvgIpc) is 3.23. The zero-order chi connectivity index (χ0) is 17.6. The molecule has 0 spiro atoms. The van der Waals surface area contributed by atoms with Crippen molar-refractivity contribution in [3.05, 3.63) is 52.8 Å². The van der Waals surface area contributed by atoms with E-state index in [4.69, 9.17) is 4.52 Å². The summed E-state index contributed by atoms with van der Waals surface area (Å²) in [6, 6.07) is 9.62. The van der Waals surface area contributed by atoms with Gasteiger partial charge in [0, 0.05) is 13.2 Å². The van der Waals surface area contributed by atoms with Gasteiger partial charge in [-0.25, -0.2) is 9.97 Å². The summed E-state index contributed by atoms with van der Waals surface area (Å²) in [5, 5.41) is 5.54. The van der Waals surface area contributed by atoms with Gasteiger partial charge in [0.1, 0.15) is 5.01 Å². The number of nitrogens with zero attached hydrogens (tertiary/aromatic N) is 4. The smallest absolute Gasteiger partial charge is 0.257 e. The molecule has 3 heterocycles. The molecule has 0 bridgehead atoms. The summed E-state index contributed by atoms with van der Waals surface area (Å²) < 4.78 is 6.22. The molecule has 0 saturated carbocycles. The van der Waals surface area contributed by atoms with Crippen molar-refractivity contribution in [1.29, 1.82) is 0 Å². The first kappa shape index (κ1) is 15.7. The quantitative estimate of drug-likeness (QED) is 0.558. The number of thiazole rings is 1. The zero-order valence-electron chi connectivity index (χ0n) is 14.1. The van der Waals surface area contributed by atoms with E-state index in [1.165, 1.54) is 6.20 Å². The number of para-hydroxylation sites is 1. The SMILES string of the molecule is Cc1noc2ncc(C(=O)N(C)C(C)c3nc4ccccc4s3)cc12. The van der Waals surface area contributed by atoms with E-state index in [0.29, 0.717) is 11.3 Å². The second kappa shape index (κ2) is 5.93. The summed E-state index contributed by atoms with van der Waals surface area (Å²) in [4.78, 5) is 23.4. The van der Waals surface area contributed by atoms with E-state index < -0.39 is 0 Å². The summed E-state index contributed by atoms with van der Waals surface area (Å²) in [5.74, 6) is -0.109. The van der Waals surface area contributed by atoms with Crippen LogP contribution in [0.15, 0.2) is 41.1 Å². The van der Waals surface area contributed by atoms with Crippen LogP contribution in [0.1, 0.15) is 34.0 Å². The molecule has 1 aromatic carbocycles. The maximum absolute atomic E-state index is 12.9. The van der Waals surface area contributed by atoms with Crippen molar-refractivity contribution in [1.82, 2.24) is 20.0 Å². The van der Waals surface area contributed by atoms with Gasteiger partial charge in [0.15, 0.2) is 0 Å². The molecule has 1 atom stereocenters. The third-order valence-electron chi connectivity index (χ3n) is 4.33. The highest BCUT2D eigenvalue weighted by Gasteiger charge is 2.23. The highest BCUT2D eigenvalue weighted by molar-refractivity contribution is 7.18. The van der Waals surface area contributed by atoms with Crippen molar-refractivity contribution in [3.8, 4) is 0 Å². The fraction of sp³-hybridized carbons (Fsp3) is 0.222. The summed E-state index contributed by atoms with van der Waals surface area (Å²) in [6.45, 7) is 3.81. The lowest BCUT2D eigenvalue weighted by molar-refractivity contribution is 0.0742. The molecular weight excluding hydrogens is 336 g/mol. The van der Waals surface area contributed by atoms with Crippen molar-refractivity contribution >= 4 is 38.6 Å². The van der Waals surface area contributed by atoms with Gasteiger partial charge in [0.2, 0.25) is 0 Å². The van der Waals surface area contributed by atoms with Gasteiger partial charge in [-0.15, -0.1) is 11.3 Å². The van der Waals surface area contributed by atoms with Crippen LogP contribution in [-0.2, 0) is 0 Å². The number of aromatic nitrogens is 3. The predicted molar refractivity (Wildman–Crippen MR) is 96.7 cm³/mol. The van der Waals surface area contributed by atoms with Crippen LogP contribution in [0.3, 0.4) is 0 Å². The maximum Gasteiger partial charge on any atom is 0.257 e. The number of rotatable bonds is 3. The Balaban J connectivity index is 1.64. The molecule has 0 N–H and O–H groups in total. The van der Waals surface area contributed by atoms with Crippen LogP contribution >= 0.6 is 11.3 Å². The summed E-state index contributed by atoms with van der Waals surface area (Å²) >= 11 is 1.61. The summed E-state index contributed by atoms with van der Waals surface area (Å²) in [7, 11) is 1.78. The first-order valence-corrected chi connectivity index (χ1v) is 8.71. The Morgan fingerprint density at radius 2 is 2.12 bits per heavy atom. The van der Waals surface area contributed by atoms with Crippen LogP contribution in [0.25, 0.3) is 21.3 Å². The molecule has 0 fully saturated rings. The average molecular weight is 352 g/mol. The van der Waals surface area contributed by atoms with Crippen LogP contribution in [0, 0.1) is 6.92 Å². The molecule has 25 heavy (non-hydrogen) atoms. The lowest BCUT2D eigenvalue weighted by Gasteiger charge is -2.23. The number of benzene rings is 1. The minimum absolute atomic E-state index is 0.109. The van der Waals surface area contributed by atoms with Gasteiger partial charge in [-0.1, -0.05) is 17.3 Å². The van der Waals surface area contributed by atoms with Gasteiger partial charge in [-0.05, 0) is 32.0 Å². The zero-order valence-corrected chi connectivity index (χ0v) is 14.9. The lowest BCUT2D eigenvalue weighted by atomic mass is 10.1. The van der Waals surface area contributed by atoms with E-state index in [0.717, 1.165) is 26.3 Å². The molecule has 7 heteroatoms.